The van der Waals surface area contributed by atoms with Crippen molar-refractivity contribution >= 4 is 7.60 Å². The third-order valence-corrected chi connectivity index (χ3v) is 4.81. The molecule has 0 saturated carbocycles. The van der Waals surface area contributed by atoms with Crippen molar-refractivity contribution in [1.29, 1.82) is 0 Å². The van der Waals surface area contributed by atoms with Crippen LogP contribution in [0.2, 0.25) is 0 Å². The fourth-order valence-electron chi connectivity index (χ4n) is 2.55. The maximum absolute atomic E-state index is 10.4. The third kappa shape index (κ3) is 24.8. The Hall–Kier alpha value is 0.409. The van der Waals surface area contributed by atoms with Crippen LogP contribution in [0, 0.1) is 0 Å². The van der Waals surface area contributed by atoms with E-state index in [1.807, 2.05) is 0 Å². The molecule has 0 rings (SSSR count). The minimum Gasteiger partial charge on any atom is -0.811 e. The molecular weight excluding hydrogens is 351 g/mol. The Morgan fingerprint density at radius 1 is 0.696 bits per heavy atom. The summed E-state index contributed by atoms with van der Waals surface area (Å²) in [6.45, 7) is 2.25. The van der Waals surface area contributed by atoms with Crippen LogP contribution in [-0.2, 0) is 21.6 Å². The SMILES string of the molecule is CCCCCCCCC=CCCCCCCCCP(=O)([O-])[O-].[Fe+2]. The summed E-state index contributed by atoms with van der Waals surface area (Å²) in [6, 6.07) is 0. The fourth-order valence-corrected chi connectivity index (χ4v) is 3.16. The molecular formula is C18H35FeO3P. The zero-order chi connectivity index (χ0) is 16.5. The number of hydrogen-bond acceptors (Lipinski definition) is 3. The van der Waals surface area contributed by atoms with Gasteiger partial charge in [-0.1, -0.05) is 84.5 Å². The van der Waals surface area contributed by atoms with Crippen LogP contribution in [0.15, 0.2) is 12.2 Å². The molecule has 0 unspecified atom stereocenters. The normalized spacial score (nSPS) is 11.8. The molecule has 3 nitrogen and oxygen atoms in total. The van der Waals surface area contributed by atoms with Crippen molar-refractivity contribution < 1.29 is 31.4 Å². The smallest absolute Gasteiger partial charge is 0.811 e. The van der Waals surface area contributed by atoms with Crippen LogP contribution in [0.4, 0.5) is 0 Å². The largest absolute Gasteiger partial charge is 2.00 e. The first-order valence-electron chi connectivity index (χ1n) is 9.22. The molecule has 0 saturated heterocycles. The van der Waals surface area contributed by atoms with Crippen molar-refractivity contribution in [3.05, 3.63) is 12.2 Å². The van der Waals surface area contributed by atoms with E-state index in [0.29, 0.717) is 6.42 Å². The minimum atomic E-state index is -4.26. The molecule has 0 N–H and O–H groups in total. The van der Waals surface area contributed by atoms with Crippen LogP contribution in [0.25, 0.3) is 0 Å². The van der Waals surface area contributed by atoms with Crippen LogP contribution in [0.3, 0.4) is 0 Å². The van der Waals surface area contributed by atoms with Crippen LogP contribution < -0.4 is 9.79 Å². The van der Waals surface area contributed by atoms with Gasteiger partial charge in [0.1, 0.15) is 0 Å². The van der Waals surface area contributed by atoms with Crippen molar-refractivity contribution in [3.8, 4) is 0 Å². The summed E-state index contributed by atoms with van der Waals surface area (Å²) in [7, 11) is -4.26. The first kappa shape index (κ1) is 25.6. The van der Waals surface area contributed by atoms with Gasteiger partial charge in [0.05, 0.1) is 0 Å². The van der Waals surface area contributed by atoms with E-state index in [2.05, 4.69) is 19.1 Å². The minimum absolute atomic E-state index is 0. The Bertz CT molecular complexity index is 303. The molecule has 0 aliphatic rings. The van der Waals surface area contributed by atoms with E-state index in [4.69, 9.17) is 0 Å². The molecule has 0 aromatic rings. The summed E-state index contributed by atoms with van der Waals surface area (Å²) in [5.74, 6) is 0. The van der Waals surface area contributed by atoms with E-state index in [-0.39, 0.29) is 23.2 Å². The van der Waals surface area contributed by atoms with Crippen LogP contribution in [0.1, 0.15) is 96.8 Å². The standard InChI is InChI=1S/C18H37O3P.Fe/c1-2-3-4-5-6-7-8-9-10-11-12-13-14-15-16-17-18-22(19,20)21;/h9-10H,2-8,11-18H2,1H3,(H2,19,20,21);/q;+2/p-2. The van der Waals surface area contributed by atoms with E-state index in [9.17, 15) is 14.4 Å². The predicted molar refractivity (Wildman–Crippen MR) is 91.9 cm³/mol. The molecule has 23 heavy (non-hydrogen) atoms. The molecule has 0 aromatic heterocycles. The quantitative estimate of drug-likeness (QED) is 0.163. The summed E-state index contributed by atoms with van der Waals surface area (Å²) in [5, 5.41) is 0. The second kappa shape index (κ2) is 18.7. The average Bonchev–Trinajstić information content (AvgIpc) is 2.45. The Morgan fingerprint density at radius 2 is 1.09 bits per heavy atom. The summed E-state index contributed by atoms with van der Waals surface area (Å²) in [6.07, 6.45) is 21.0. The van der Waals surface area contributed by atoms with E-state index < -0.39 is 7.60 Å². The first-order valence-corrected chi connectivity index (χ1v) is 10.9. The van der Waals surface area contributed by atoms with Gasteiger partial charge >= 0.3 is 17.1 Å². The van der Waals surface area contributed by atoms with Crippen LogP contribution in [-0.4, -0.2) is 6.16 Å². The molecule has 0 fully saturated rings. The number of rotatable bonds is 16. The molecule has 0 heterocycles. The molecule has 0 spiro atoms. The van der Waals surface area contributed by atoms with Crippen molar-refractivity contribution in [1.82, 2.24) is 0 Å². The van der Waals surface area contributed by atoms with E-state index in [0.717, 1.165) is 25.7 Å². The van der Waals surface area contributed by atoms with Crippen LogP contribution >= 0.6 is 7.60 Å². The average molecular weight is 386 g/mol. The second-order valence-electron chi connectivity index (χ2n) is 6.27. The summed E-state index contributed by atoms with van der Waals surface area (Å²) < 4.78 is 10.4. The van der Waals surface area contributed by atoms with Gasteiger partial charge in [-0.2, -0.15) is 0 Å². The van der Waals surface area contributed by atoms with Gasteiger partial charge in [-0.3, -0.25) is 0 Å². The Morgan fingerprint density at radius 3 is 1.52 bits per heavy atom. The molecule has 0 aliphatic heterocycles. The zero-order valence-corrected chi connectivity index (χ0v) is 16.8. The predicted octanol–water partition coefficient (Wildman–Crippen LogP) is 4.94. The molecule has 5 heteroatoms. The summed E-state index contributed by atoms with van der Waals surface area (Å²) in [4.78, 5) is 20.9. The van der Waals surface area contributed by atoms with E-state index >= 15 is 0 Å². The molecule has 0 amide bonds. The first-order chi connectivity index (χ1) is 10.6. The third-order valence-electron chi connectivity index (χ3n) is 3.94. The zero-order valence-electron chi connectivity index (χ0n) is 14.8. The van der Waals surface area contributed by atoms with Crippen LogP contribution in [0.5, 0.6) is 0 Å². The van der Waals surface area contributed by atoms with Gasteiger partial charge in [0.2, 0.25) is 0 Å². The molecule has 0 bridgehead atoms. The van der Waals surface area contributed by atoms with Gasteiger partial charge in [0.15, 0.2) is 0 Å². The summed E-state index contributed by atoms with van der Waals surface area (Å²) >= 11 is 0. The second-order valence-corrected chi connectivity index (χ2v) is 7.94. The summed E-state index contributed by atoms with van der Waals surface area (Å²) in [5.41, 5.74) is 0. The van der Waals surface area contributed by atoms with Gasteiger partial charge in [0.25, 0.3) is 0 Å². The molecule has 0 radical (unpaired) electrons. The van der Waals surface area contributed by atoms with Crippen molar-refractivity contribution in [2.24, 2.45) is 0 Å². The van der Waals surface area contributed by atoms with Gasteiger partial charge in [0, 0.05) is 0 Å². The van der Waals surface area contributed by atoms with Gasteiger partial charge in [-0.05, 0) is 38.3 Å². The molecule has 0 atom stereocenters. The number of unbranched alkanes of at least 4 members (excludes halogenated alkanes) is 12. The van der Waals surface area contributed by atoms with E-state index in [1.165, 1.54) is 57.8 Å². The molecule has 138 valence electrons. The topological polar surface area (TPSA) is 63.2 Å². The number of hydrogen-bond donors (Lipinski definition) is 0. The van der Waals surface area contributed by atoms with Gasteiger partial charge in [-0.25, -0.2) is 0 Å². The number of allylic oxidation sites excluding steroid dienone is 2. The molecule has 0 aromatic carbocycles. The van der Waals surface area contributed by atoms with E-state index in [1.54, 1.807) is 0 Å². The Kier molecular flexibility index (Phi) is 20.9. The Labute approximate surface area is 154 Å². The van der Waals surface area contributed by atoms with Crippen molar-refractivity contribution in [2.75, 3.05) is 6.16 Å². The molecule has 0 aliphatic carbocycles. The maximum atomic E-state index is 10.4. The monoisotopic (exact) mass is 386 g/mol. The van der Waals surface area contributed by atoms with Gasteiger partial charge in [-0.15, -0.1) is 0 Å². The van der Waals surface area contributed by atoms with Crippen molar-refractivity contribution in [3.63, 3.8) is 0 Å². The fraction of sp³-hybridized carbons (Fsp3) is 0.889. The maximum Gasteiger partial charge on any atom is 2.00 e. The Balaban J connectivity index is 0. The van der Waals surface area contributed by atoms with Gasteiger partial charge < -0.3 is 14.4 Å². The van der Waals surface area contributed by atoms with Crippen molar-refractivity contribution in [2.45, 2.75) is 96.8 Å².